The zero-order valence-electron chi connectivity index (χ0n) is 8.50. The van der Waals surface area contributed by atoms with Crippen LogP contribution in [0, 0.1) is 19.2 Å². The molecule has 13 heavy (non-hydrogen) atoms. The molecule has 0 amide bonds. The second kappa shape index (κ2) is 3.44. The third kappa shape index (κ3) is 1.78. The molecule has 3 heteroatoms. The van der Waals surface area contributed by atoms with Crippen LogP contribution in [0.4, 0.5) is 11.4 Å². The molecule has 0 unspecified atom stereocenters. The summed E-state index contributed by atoms with van der Waals surface area (Å²) in [5.41, 5.74) is 4.05. The molecule has 68 valence electrons. The third-order valence-electron chi connectivity index (χ3n) is 2.04. The third-order valence-corrected chi connectivity index (χ3v) is 2.04. The summed E-state index contributed by atoms with van der Waals surface area (Å²) in [5.74, 6) is 0. The zero-order chi connectivity index (χ0) is 10.0. The lowest BCUT2D eigenvalue weighted by Gasteiger charge is -2.17. The van der Waals surface area contributed by atoms with Crippen molar-refractivity contribution in [1.29, 1.82) is 5.39 Å². The van der Waals surface area contributed by atoms with E-state index in [2.05, 4.69) is 9.88 Å². The van der Waals surface area contributed by atoms with Gasteiger partial charge in [-0.25, -0.2) is 0 Å². The van der Waals surface area contributed by atoms with Crippen LogP contribution in [0.1, 0.15) is 11.1 Å². The van der Waals surface area contributed by atoms with Crippen LogP contribution in [0.5, 0.6) is 0 Å². The van der Waals surface area contributed by atoms with Gasteiger partial charge in [-0.2, -0.15) is 0 Å². The monoisotopic (exact) mass is 176 g/mol. The smallest absolute Gasteiger partial charge is 0.377 e. The van der Waals surface area contributed by atoms with Crippen LogP contribution in [0.2, 0.25) is 0 Å². The Bertz CT molecular complexity index is 338. The maximum atomic E-state index is 8.63. The van der Waals surface area contributed by atoms with E-state index < -0.39 is 0 Å². The standard InChI is InChI=1S/C10H14N3/c1-7-5-9(12-11)6-8(2)10(7)13(3)4/h5-6H,1-4H3/q+1. The second-order valence-electron chi connectivity index (χ2n) is 3.42. The summed E-state index contributed by atoms with van der Waals surface area (Å²) in [6.07, 6.45) is 0. The molecule has 0 aliphatic rings. The number of diazo groups is 1. The van der Waals surface area contributed by atoms with Gasteiger partial charge in [0.15, 0.2) is 4.98 Å². The molecule has 0 aromatic heterocycles. The number of anilines is 1. The molecule has 0 N–H and O–H groups in total. The zero-order valence-corrected chi connectivity index (χ0v) is 8.50. The summed E-state index contributed by atoms with van der Waals surface area (Å²) in [4.78, 5) is 5.24. The van der Waals surface area contributed by atoms with Gasteiger partial charge in [0.05, 0.1) is 0 Å². The van der Waals surface area contributed by atoms with Crippen molar-refractivity contribution in [2.24, 2.45) is 0 Å². The van der Waals surface area contributed by atoms with Gasteiger partial charge in [0.25, 0.3) is 0 Å². The molecule has 0 saturated carbocycles. The Kier molecular flexibility index (Phi) is 2.52. The molecule has 0 saturated heterocycles. The molecule has 0 radical (unpaired) electrons. The van der Waals surface area contributed by atoms with Crippen molar-refractivity contribution in [3.05, 3.63) is 28.2 Å². The number of rotatable bonds is 1. The Balaban J connectivity index is 3.33. The number of nitrogens with zero attached hydrogens (tertiary/aromatic N) is 3. The van der Waals surface area contributed by atoms with Crippen LogP contribution in [-0.2, 0) is 0 Å². The molecule has 1 aromatic carbocycles. The van der Waals surface area contributed by atoms with Crippen molar-refractivity contribution >= 4 is 11.4 Å². The van der Waals surface area contributed by atoms with Gasteiger partial charge in [-0.3, -0.25) is 0 Å². The van der Waals surface area contributed by atoms with Crippen molar-refractivity contribution in [1.82, 2.24) is 0 Å². The van der Waals surface area contributed by atoms with Crippen LogP contribution in [-0.4, -0.2) is 14.1 Å². The largest absolute Gasteiger partial charge is 0.385 e. The van der Waals surface area contributed by atoms with E-state index in [0.29, 0.717) is 5.69 Å². The highest BCUT2D eigenvalue weighted by atomic mass is 15.1. The SMILES string of the molecule is Cc1cc([N+]#N)cc(C)c1N(C)C. The van der Waals surface area contributed by atoms with E-state index in [0.717, 1.165) is 11.1 Å². The first kappa shape index (κ1) is 9.53. The molecule has 0 aliphatic heterocycles. The lowest BCUT2D eigenvalue weighted by atomic mass is 10.1. The Morgan fingerprint density at radius 1 is 1.15 bits per heavy atom. The quantitative estimate of drug-likeness (QED) is 0.616. The van der Waals surface area contributed by atoms with Crippen LogP contribution in [0.25, 0.3) is 4.98 Å². The van der Waals surface area contributed by atoms with Gasteiger partial charge in [-0.1, -0.05) is 0 Å². The number of benzene rings is 1. The van der Waals surface area contributed by atoms with Crippen molar-refractivity contribution < 1.29 is 0 Å². The fourth-order valence-electron chi connectivity index (χ4n) is 1.70. The maximum Gasteiger partial charge on any atom is 0.385 e. The molecular weight excluding hydrogens is 162 g/mol. The van der Waals surface area contributed by atoms with Gasteiger partial charge in [-0.05, 0) is 25.0 Å². The first-order valence-electron chi connectivity index (χ1n) is 4.20. The average molecular weight is 176 g/mol. The first-order valence-corrected chi connectivity index (χ1v) is 4.20. The van der Waals surface area contributed by atoms with Gasteiger partial charge in [0.1, 0.15) is 0 Å². The van der Waals surface area contributed by atoms with Crippen molar-refractivity contribution in [3.8, 4) is 0 Å². The summed E-state index contributed by atoms with van der Waals surface area (Å²) < 4.78 is 0. The van der Waals surface area contributed by atoms with Gasteiger partial charge in [-0.15, -0.1) is 0 Å². The Morgan fingerprint density at radius 2 is 1.62 bits per heavy atom. The normalized spacial score (nSPS) is 9.46. The summed E-state index contributed by atoms with van der Waals surface area (Å²) in [7, 11) is 4.01. The lowest BCUT2D eigenvalue weighted by Crippen LogP contribution is -2.11. The molecule has 0 bridgehead atoms. The van der Waals surface area contributed by atoms with E-state index >= 15 is 0 Å². The first-order chi connectivity index (χ1) is 6.06. The highest BCUT2D eigenvalue weighted by molar-refractivity contribution is 5.65. The summed E-state index contributed by atoms with van der Waals surface area (Å²) in [6, 6.07) is 3.73. The van der Waals surface area contributed by atoms with E-state index in [1.165, 1.54) is 5.69 Å². The molecule has 3 nitrogen and oxygen atoms in total. The molecule has 0 heterocycles. The van der Waals surface area contributed by atoms with Gasteiger partial charge in [0.2, 0.25) is 5.39 Å². The average Bonchev–Trinajstić information content (AvgIpc) is 2.02. The number of hydrogen-bond acceptors (Lipinski definition) is 2. The summed E-state index contributed by atoms with van der Waals surface area (Å²) in [6.45, 7) is 4.02. The predicted octanol–water partition coefficient (Wildman–Crippen LogP) is 2.85. The Labute approximate surface area is 78.6 Å². The number of aryl methyl sites for hydroxylation is 2. The molecule has 1 rings (SSSR count). The minimum atomic E-state index is 0.612. The minimum absolute atomic E-state index is 0.612. The lowest BCUT2D eigenvalue weighted by molar-refractivity contribution is 1.10. The van der Waals surface area contributed by atoms with Crippen molar-refractivity contribution in [2.45, 2.75) is 13.8 Å². The number of hydrogen-bond donors (Lipinski definition) is 0. The maximum absolute atomic E-state index is 8.63. The molecule has 0 spiro atoms. The predicted molar refractivity (Wildman–Crippen MR) is 55.0 cm³/mol. The van der Waals surface area contributed by atoms with Crippen molar-refractivity contribution in [3.63, 3.8) is 0 Å². The van der Waals surface area contributed by atoms with Gasteiger partial charge in [0, 0.05) is 31.9 Å². The van der Waals surface area contributed by atoms with E-state index in [1.54, 1.807) is 0 Å². The molecule has 1 aromatic rings. The molecule has 0 fully saturated rings. The van der Waals surface area contributed by atoms with Crippen LogP contribution in [0.15, 0.2) is 12.1 Å². The van der Waals surface area contributed by atoms with Gasteiger partial charge >= 0.3 is 5.69 Å². The van der Waals surface area contributed by atoms with E-state index in [1.807, 2.05) is 40.1 Å². The molecule has 0 aliphatic carbocycles. The minimum Gasteiger partial charge on any atom is -0.377 e. The highest BCUT2D eigenvalue weighted by Crippen LogP contribution is 2.28. The van der Waals surface area contributed by atoms with E-state index in [9.17, 15) is 0 Å². The molecule has 0 atom stereocenters. The summed E-state index contributed by atoms with van der Waals surface area (Å²) in [5, 5.41) is 8.63. The van der Waals surface area contributed by atoms with Crippen LogP contribution >= 0.6 is 0 Å². The fourth-order valence-corrected chi connectivity index (χ4v) is 1.70. The summed E-state index contributed by atoms with van der Waals surface area (Å²) >= 11 is 0. The Hall–Kier alpha value is -1.56. The van der Waals surface area contributed by atoms with Crippen LogP contribution in [0.3, 0.4) is 0 Å². The highest BCUT2D eigenvalue weighted by Gasteiger charge is 2.12. The second-order valence-corrected chi connectivity index (χ2v) is 3.42. The van der Waals surface area contributed by atoms with E-state index in [-0.39, 0.29) is 0 Å². The van der Waals surface area contributed by atoms with Crippen LogP contribution < -0.4 is 4.90 Å². The van der Waals surface area contributed by atoms with Crippen molar-refractivity contribution in [2.75, 3.05) is 19.0 Å². The fraction of sp³-hybridized carbons (Fsp3) is 0.400. The van der Waals surface area contributed by atoms with Gasteiger partial charge < -0.3 is 4.90 Å². The topological polar surface area (TPSA) is 31.4 Å². The van der Waals surface area contributed by atoms with E-state index in [4.69, 9.17) is 5.39 Å². The molecular formula is C10H14N3+. The Morgan fingerprint density at radius 3 is 1.92 bits per heavy atom.